The fourth-order valence-corrected chi connectivity index (χ4v) is 6.32. The average Bonchev–Trinajstić information content (AvgIpc) is 2.94. The van der Waals surface area contributed by atoms with Crippen molar-refractivity contribution in [2.45, 2.75) is 58.7 Å². The van der Waals surface area contributed by atoms with Crippen molar-refractivity contribution in [2.75, 3.05) is 13.2 Å². The molecule has 4 rings (SSSR count). The zero-order chi connectivity index (χ0) is 12.6. The van der Waals surface area contributed by atoms with E-state index >= 15 is 0 Å². The third-order valence-corrected chi connectivity index (χ3v) is 7.19. The van der Waals surface area contributed by atoms with Crippen LogP contribution in [-0.2, 0) is 9.47 Å². The van der Waals surface area contributed by atoms with Crippen molar-refractivity contribution in [3.63, 3.8) is 0 Å². The highest BCUT2D eigenvalue weighted by molar-refractivity contribution is 5.16. The van der Waals surface area contributed by atoms with Crippen LogP contribution in [0.4, 0.5) is 0 Å². The van der Waals surface area contributed by atoms with Crippen molar-refractivity contribution >= 4 is 0 Å². The molecular weight excluding hydrogens is 224 g/mol. The summed E-state index contributed by atoms with van der Waals surface area (Å²) in [5.74, 6) is 2.22. The maximum atomic E-state index is 6.12. The molecule has 18 heavy (non-hydrogen) atoms. The summed E-state index contributed by atoms with van der Waals surface area (Å²) in [7, 11) is 0. The summed E-state index contributed by atoms with van der Waals surface area (Å²) >= 11 is 0. The summed E-state index contributed by atoms with van der Waals surface area (Å²) in [4.78, 5) is 0. The molecule has 0 amide bonds. The van der Waals surface area contributed by atoms with E-state index in [0.29, 0.717) is 16.7 Å². The predicted molar refractivity (Wildman–Crippen MR) is 70.1 cm³/mol. The van der Waals surface area contributed by atoms with Crippen molar-refractivity contribution in [3.05, 3.63) is 0 Å². The van der Waals surface area contributed by atoms with Crippen LogP contribution in [0.5, 0.6) is 0 Å². The Bertz CT molecular complexity index is 369. The summed E-state index contributed by atoms with van der Waals surface area (Å²) < 4.78 is 12.2. The van der Waals surface area contributed by atoms with Crippen molar-refractivity contribution in [3.8, 4) is 0 Å². The third kappa shape index (κ3) is 1.13. The maximum absolute atomic E-state index is 6.12. The second-order valence-corrected chi connectivity index (χ2v) is 7.85. The minimum atomic E-state index is -0.210. The Balaban J connectivity index is 1.78. The van der Waals surface area contributed by atoms with Gasteiger partial charge in [-0.1, -0.05) is 20.8 Å². The first-order valence-electron chi connectivity index (χ1n) is 7.79. The Kier molecular flexibility index (Phi) is 2.16. The first-order chi connectivity index (χ1) is 8.51. The zero-order valence-electron chi connectivity index (χ0n) is 12.0. The summed E-state index contributed by atoms with van der Waals surface area (Å²) in [5.41, 5.74) is 1.01. The molecule has 0 radical (unpaired) electrons. The van der Waals surface area contributed by atoms with Crippen LogP contribution in [0.3, 0.4) is 0 Å². The second-order valence-electron chi connectivity index (χ2n) is 7.85. The van der Waals surface area contributed by atoms with Gasteiger partial charge in [0.05, 0.1) is 13.2 Å². The van der Waals surface area contributed by atoms with E-state index in [9.17, 15) is 0 Å². The van der Waals surface area contributed by atoms with Crippen LogP contribution < -0.4 is 0 Å². The lowest BCUT2D eigenvalue weighted by atomic mass is 9.66. The van der Waals surface area contributed by atoms with E-state index in [1.54, 1.807) is 0 Å². The number of ether oxygens (including phenoxy) is 2. The minimum absolute atomic E-state index is 0.210. The van der Waals surface area contributed by atoms with Crippen LogP contribution in [0.15, 0.2) is 0 Å². The molecule has 0 aromatic carbocycles. The number of hydrogen-bond donors (Lipinski definition) is 0. The smallest absolute Gasteiger partial charge is 0.171 e. The van der Waals surface area contributed by atoms with Crippen LogP contribution in [0.25, 0.3) is 0 Å². The van der Waals surface area contributed by atoms with Gasteiger partial charge in [-0.15, -0.1) is 0 Å². The van der Waals surface area contributed by atoms with Gasteiger partial charge in [-0.3, -0.25) is 0 Å². The lowest BCUT2D eigenvalue weighted by molar-refractivity contribution is -0.231. The van der Waals surface area contributed by atoms with Crippen molar-refractivity contribution in [1.29, 1.82) is 0 Å². The summed E-state index contributed by atoms with van der Waals surface area (Å²) in [6, 6.07) is 0. The fourth-order valence-electron chi connectivity index (χ4n) is 6.32. The molecule has 0 aromatic rings. The highest BCUT2D eigenvalue weighted by Crippen LogP contribution is 2.74. The zero-order valence-corrected chi connectivity index (χ0v) is 12.0. The molecule has 1 aliphatic heterocycles. The largest absolute Gasteiger partial charge is 0.347 e. The van der Waals surface area contributed by atoms with Crippen LogP contribution in [-0.4, -0.2) is 19.0 Å². The molecule has 1 unspecified atom stereocenters. The van der Waals surface area contributed by atoms with Crippen LogP contribution in [0.1, 0.15) is 52.9 Å². The van der Waals surface area contributed by atoms with Gasteiger partial charge >= 0.3 is 0 Å². The lowest BCUT2D eigenvalue weighted by Gasteiger charge is -2.45. The number of fused-ring (bicyclic) bond motifs is 2. The molecule has 3 aliphatic carbocycles. The fraction of sp³-hybridized carbons (Fsp3) is 1.00. The van der Waals surface area contributed by atoms with Gasteiger partial charge in [0.15, 0.2) is 5.79 Å². The molecule has 4 atom stereocenters. The first kappa shape index (κ1) is 11.7. The molecule has 2 spiro atoms. The van der Waals surface area contributed by atoms with E-state index in [1.807, 2.05) is 0 Å². The monoisotopic (exact) mass is 250 g/mol. The molecule has 4 fully saturated rings. The highest BCUT2D eigenvalue weighted by atomic mass is 16.7. The molecule has 0 aromatic heterocycles. The standard InChI is InChI=1S/C16H26O2/c1-11-4-5-12-14(2,3)13-10-15(11,12)6-7-16(13)17-8-9-18-16/h11-13H,4-10H2,1-3H3/t11?,12-,13+,15-/m0/s1. The van der Waals surface area contributed by atoms with E-state index in [2.05, 4.69) is 20.8 Å². The van der Waals surface area contributed by atoms with Gasteiger partial charge < -0.3 is 9.47 Å². The van der Waals surface area contributed by atoms with Gasteiger partial charge in [0.2, 0.25) is 0 Å². The number of rotatable bonds is 0. The van der Waals surface area contributed by atoms with Crippen LogP contribution >= 0.6 is 0 Å². The Morgan fingerprint density at radius 1 is 0.944 bits per heavy atom. The second kappa shape index (κ2) is 3.32. The topological polar surface area (TPSA) is 18.5 Å². The molecule has 2 nitrogen and oxygen atoms in total. The predicted octanol–water partition coefficient (Wildman–Crippen LogP) is 3.60. The SMILES string of the molecule is CC1CC[C@H]2C(C)(C)[C@H]3C[C@@]12CCC31OCCO1. The molecule has 4 aliphatic rings. The Hall–Kier alpha value is -0.0800. The molecule has 3 saturated carbocycles. The average molecular weight is 250 g/mol. The van der Waals surface area contributed by atoms with Gasteiger partial charge in [-0.05, 0) is 48.3 Å². The van der Waals surface area contributed by atoms with Crippen molar-refractivity contribution in [1.82, 2.24) is 0 Å². The van der Waals surface area contributed by atoms with E-state index in [0.717, 1.165) is 31.5 Å². The van der Waals surface area contributed by atoms with Crippen molar-refractivity contribution < 1.29 is 9.47 Å². The summed E-state index contributed by atoms with van der Waals surface area (Å²) in [5, 5.41) is 0. The van der Waals surface area contributed by atoms with Crippen LogP contribution in [0.2, 0.25) is 0 Å². The molecule has 0 N–H and O–H groups in total. The molecule has 2 bridgehead atoms. The molecule has 102 valence electrons. The van der Waals surface area contributed by atoms with Gasteiger partial charge in [0, 0.05) is 12.3 Å². The van der Waals surface area contributed by atoms with Gasteiger partial charge in [-0.2, -0.15) is 0 Å². The quantitative estimate of drug-likeness (QED) is 0.654. The van der Waals surface area contributed by atoms with Crippen LogP contribution in [0, 0.1) is 28.6 Å². The Morgan fingerprint density at radius 3 is 2.39 bits per heavy atom. The van der Waals surface area contributed by atoms with Crippen molar-refractivity contribution in [2.24, 2.45) is 28.6 Å². The Labute approximate surface area is 110 Å². The van der Waals surface area contributed by atoms with E-state index in [-0.39, 0.29) is 5.79 Å². The Morgan fingerprint density at radius 2 is 1.67 bits per heavy atom. The van der Waals surface area contributed by atoms with E-state index < -0.39 is 0 Å². The van der Waals surface area contributed by atoms with Gasteiger partial charge in [0.1, 0.15) is 0 Å². The lowest BCUT2D eigenvalue weighted by Crippen LogP contribution is -2.47. The maximum Gasteiger partial charge on any atom is 0.171 e. The third-order valence-electron chi connectivity index (χ3n) is 7.19. The molecule has 2 heteroatoms. The summed E-state index contributed by atoms with van der Waals surface area (Å²) in [6.07, 6.45) is 6.70. The summed E-state index contributed by atoms with van der Waals surface area (Å²) in [6.45, 7) is 9.08. The van der Waals surface area contributed by atoms with Gasteiger partial charge in [0.25, 0.3) is 0 Å². The first-order valence-corrected chi connectivity index (χ1v) is 7.79. The number of hydrogen-bond acceptors (Lipinski definition) is 2. The highest BCUT2D eigenvalue weighted by Gasteiger charge is 2.70. The van der Waals surface area contributed by atoms with E-state index in [4.69, 9.17) is 9.47 Å². The van der Waals surface area contributed by atoms with E-state index in [1.165, 1.54) is 25.7 Å². The normalized spacial score (nSPS) is 51.8. The minimum Gasteiger partial charge on any atom is -0.347 e. The molecule has 1 heterocycles. The van der Waals surface area contributed by atoms with Gasteiger partial charge in [-0.25, -0.2) is 0 Å². The molecular formula is C16H26O2. The molecule has 1 saturated heterocycles.